The van der Waals surface area contributed by atoms with Crippen LogP contribution in [-0.2, 0) is 6.54 Å². The van der Waals surface area contributed by atoms with Crippen LogP contribution in [0.1, 0.15) is 51.1 Å². The molecule has 0 amide bonds. The van der Waals surface area contributed by atoms with Crippen LogP contribution < -0.4 is 5.32 Å². The fraction of sp³-hybridized carbons (Fsp3) is 0.769. The third-order valence-electron chi connectivity index (χ3n) is 3.81. The largest absolute Gasteiger partial charge is 0.308 e. The molecule has 2 unspecified atom stereocenters. The first kappa shape index (κ1) is 11.6. The predicted octanol–water partition coefficient (Wildman–Crippen LogP) is 2.86. The molecule has 0 aromatic carbocycles. The Hall–Kier alpha value is -0.830. The quantitative estimate of drug-likeness (QED) is 0.768. The molecule has 1 aromatic rings. The molecule has 1 aliphatic carbocycles. The van der Waals surface area contributed by atoms with E-state index in [4.69, 9.17) is 0 Å². The second kappa shape index (κ2) is 6.04. The summed E-state index contributed by atoms with van der Waals surface area (Å²) in [5.41, 5.74) is 1.19. The monoisotopic (exact) mass is 221 g/mol. The minimum Gasteiger partial charge on any atom is -0.308 e. The number of nitrogens with one attached hydrogen (secondary N) is 2. The Bertz CT molecular complexity index is 281. The number of hydrogen-bond acceptors (Lipinski definition) is 2. The fourth-order valence-corrected chi connectivity index (χ4v) is 2.63. The van der Waals surface area contributed by atoms with Gasteiger partial charge in [0.1, 0.15) is 0 Å². The minimum absolute atomic E-state index is 0.708. The van der Waals surface area contributed by atoms with Crippen LogP contribution in [-0.4, -0.2) is 16.2 Å². The topological polar surface area (TPSA) is 40.7 Å². The molecule has 2 rings (SSSR count). The summed E-state index contributed by atoms with van der Waals surface area (Å²) < 4.78 is 0. The van der Waals surface area contributed by atoms with E-state index >= 15 is 0 Å². The highest BCUT2D eigenvalue weighted by molar-refractivity contribution is 4.97. The summed E-state index contributed by atoms with van der Waals surface area (Å²) in [4.78, 5) is 0. The summed E-state index contributed by atoms with van der Waals surface area (Å²) >= 11 is 0. The molecule has 1 aliphatic rings. The maximum Gasteiger partial charge on any atom is 0.0490 e. The van der Waals surface area contributed by atoms with Crippen molar-refractivity contribution in [3.63, 3.8) is 0 Å². The maximum absolute atomic E-state index is 3.96. The van der Waals surface area contributed by atoms with Crippen molar-refractivity contribution in [1.82, 2.24) is 15.5 Å². The zero-order valence-corrected chi connectivity index (χ0v) is 10.2. The SMILES string of the molecule is CCC1CCCC(NCc2ccn[nH]2)CC1. The smallest absolute Gasteiger partial charge is 0.0490 e. The van der Waals surface area contributed by atoms with Crippen molar-refractivity contribution in [2.45, 2.75) is 58.0 Å². The number of nitrogens with zero attached hydrogens (tertiary/aromatic N) is 1. The zero-order chi connectivity index (χ0) is 11.2. The van der Waals surface area contributed by atoms with E-state index < -0.39 is 0 Å². The van der Waals surface area contributed by atoms with E-state index in [-0.39, 0.29) is 0 Å². The Morgan fingerprint density at radius 3 is 3.06 bits per heavy atom. The van der Waals surface area contributed by atoms with Crippen molar-refractivity contribution in [1.29, 1.82) is 0 Å². The van der Waals surface area contributed by atoms with Gasteiger partial charge >= 0.3 is 0 Å². The highest BCUT2D eigenvalue weighted by Gasteiger charge is 2.17. The van der Waals surface area contributed by atoms with Gasteiger partial charge in [-0.1, -0.05) is 26.2 Å². The van der Waals surface area contributed by atoms with E-state index in [0.29, 0.717) is 6.04 Å². The molecule has 1 saturated carbocycles. The second-order valence-electron chi connectivity index (χ2n) is 4.94. The maximum atomic E-state index is 3.96. The molecular weight excluding hydrogens is 198 g/mol. The van der Waals surface area contributed by atoms with Gasteiger partial charge in [0.2, 0.25) is 0 Å². The van der Waals surface area contributed by atoms with Gasteiger partial charge in [-0.25, -0.2) is 0 Å². The van der Waals surface area contributed by atoms with Crippen LogP contribution in [0.5, 0.6) is 0 Å². The van der Waals surface area contributed by atoms with E-state index in [0.717, 1.165) is 12.5 Å². The summed E-state index contributed by atoms with van der Waals surface area (Å²) in [7, 11) is 0. The molecule has 2 atom stereocenters. The Morgan fingerprint density at radius 1 is 1.38 bits per heavy atom. The van der Waals surface area contributed by atoms with Crippen molar-refractivity contribution in [3.8, 4) is 0 Å². The molecule has 0 spiro atoms. The summed E-state index contributed by atoms with van der Waals surface area (Å²) in [6.07, 6.45) is 10.1. The normalized spacial score (nSPS) is 26.6. The van der Waals surface area contributed by atoms with Gasteiger partial charge in [0.15, 0.2) is 0 Å². The predicted molar refractivity (Wildman–Crippen MR) is 66.1 cm³/mol. The lowest BCUT2D eigenvalue weighted by Gasteiger charge is -2.15. The molecule has 1 aromatic heterocycles. The van der Waals surface area contributed by atoms with Crippen molar-refractivity contribution >= 4 is 0 Å². The van der Waals surface area contributed by atoms with Gasteiger partial charge in [-0.05, 0) is 31.2 Å². The summed E-state index contributed by atoms with van der Waals surface area (Å²) in [5.74, 6) is 0.971. The molecule has 90 valence electrons. The van der Waals surface area contributed by atoms with Crippen LogP contribution in [0.4, 0.5) is 0 Å². The Balaban J connectivity index is 1.73. The number of aromatic amines is 1. The lowest BCUT2D eigenvalue weighted by atomic mass is 9.98. The highest BCUT2D eigenvalue weighted by Crippen LogP contribution is 2.25. The van der Waals surface area contributed by atoms with E-state index in [2.05, 4.69) is 22.4 Å². The standard InChI is InChI=1S/C13H23N3/c1-2-11-4-3-5-12(7-6-11)14-10-13-8-9-15-16-13/h8-9,11-12,14H,2-7,10H2,1H3,(H,15,16). The van der Waals surface area contributed by atoms with Crippen LogP contribution in [0.3, 0.4) is 0 Å². The Kier molecular flexibility index (Phi) is 4.40. The lowest BCUT2D eigenvalue weighted by Crippen LogP contribution is -2.28. The zero-order valence-electron chi connectivity index (χ0n) is 10.2. The van der Waals surface area contributed by atoms with Gasteiger partial charge in [-0.3, -0.25) is 5.10 Å². The van der Waals surface area contributed by atoms with Crippen LogP contribution in [0.2, 0.25) is 0 Å². The molecule has 1 fully saturated rings. The number of aromatic nitrogens is 2. The molecule has 16 heavy (non-hydrogen) atoms. The third kappa shape index (κ3) is 3.34. The first-order chi connectivity index (χ1) is 7.88. The Labute approximate surface area is 98.0 Å². The Morgan fingerprint density at radius 2 is 2.31 bits per heavy atom. The molecule has 0 bridgehead atoms. The molecule has 1 heterocycles. The van der Waals surface area contributed by atoms with Gasteiger partial charge in [-0.15, -0.1) is 0 Å². The second-order valence-corrected chi connectivity index (χ2v) is 4.94. The van der Waals surface area contributed by atoms with E-state index in [1.165, 1.54) is 44.2 Å². The third-order valence-corrected chi connectivity index (χ3v) is 3.81. The van der Waals surface area contributed by atoms with Crippen LogP contribution in [0, 0.1) is 5.92 Å². The van der Waals surface area contributed by atoms with Crippen molar-refractivity contribution in [3.05, 3.63) is 18.0 Å². The van der Waals surface area contributed by atoms with Crippen molar-refractivity contribution < 1.29 is 0 Å². The number of H-pyrrole nitrogens is 1. The van der Waals surface area contributed by atoms with Gasteiger partial charge in [-0.2, -0.15) is 5.10 Å². The van der Waals surface area contributed by atoms with Crippen LogP contribution in [0.25, 0.3) is 0 Å². The van der Waals surface area contributed by atoms with Gasteiger partial charge in [0, 0.05) is 24.5 Å². The van der Waals surface area contributed by atoms with E-state index in [9.17, 15) is 0 Å². The van der Waals surface area contributed by atoms with Gasteiger partial charge in [0.25, 0.3) is 0 Å². The van der Waals surface area contributed by atoms with Crippen molar-refractivity contribution in [2.75, 3.05) is 0 Å². The van der Waals surface area contributed by atoms with E-state index in [1.54, 1.807) is 0 Å². The molecule has 0 saturated heterocycles. The average Bonchev–Trinajstić information content (AvgIpc) is 2.72. The molecule has 0 radical (unpaired) electrons. The molecule has 3 nitrogen and oxygen atoms in total. The van der Waals surface area contributed by atoms with Crippen LogP contribution in [0.15, 0.2) is 12.3 Å². The summed E-state index contributed by atoms with van der Waals surface area (Å²) in [6.45, 7) is 3.25. The highest BCUT2D eigenvalue weighted by atomic mass is 15.1. The molecule has 2 N–H and O–H groups in total. The van der Waals surface area contributed by atoms with Crippen molar-refractivity contribution in [2.24, 2.45) is 5.92 Å². The fourth-order valence-electron chi connectivity index (χ4n) is 2.63. The number of hydrogen-bond donors (Lipinski definition) is 2. The molecular formula is C13H23N3. The molecule has 3 heteroatoms. The molecule has 0 aliphatic heterocycles. The van der Waals surface area contributed by atoms with Crippen LogP contribution >= 0.6 is 0 Å². The average molecular weight is 221 g/mol. The first-order valence-corrected chi connectivity index (χ1v) is 6.60. The lowest BCUT2D eigenvalue weighted by molar-refractivity contribution is 0.424. The van der Waals surface area contributed by atoms with Gasteiger partial charge in [0.05, 0.1) is 0 Å². The van der Waals surface area contributed by atoms with E-state index in [1.807, 2.05) is 12.3 Å². The summed E-state index contributed by atoms with van der Waals surface area (Å²) in [6, 6.07) is 2.75. The first-order valence-electron chi connectivity index (χ1n) is 6.60. The summed E-state index contributed by atoms with van der Waals surface area (Å²) in [5, 5.41) is 10.6. The minimum atomic E-state index is 0.708. The number of rotatable bonds is 4. The van der Waals surface area contributed by atoms with Gasteiger partial charge < -0.3 is 5.32 Å².